The first kappa shape index (κ1) is 12.7. The molecule has 0 bridgehead atoms. The Balaban J connectivity index is 1.57. The molecule has 3 heteroatoms. The summed E-state index contributed by atoms with van der Waals surface area (Å²) in [5, 5.41) is 3.30. The van der Waals surface area contributed by atoms with E-state index in [0.717, 1.165) is 31.8 Å². The zero-order valence-electron chi connectivity index (χ0n) is 11.3. The zero-order valence-corrected chi connectivity index (χ0v) is 11.3. The van der Waals surface area contributed by atoms with Crippen LogP contribution in [0.15, 0.2) is 30.3 Å². The third-order valence-corrected chi connectivity index (χ3v) is 4.16. The molecule has 1 N–H and O–H groups in total. The quantitative estimate of drug-likeness (QED) is 0.879. The third-order valence-electron chi connectivity index (χ3n) is 4.16. The van der Waals surface area contributed by atoms with Crippen molar-refractivity contribution >= 4 is 5.91 Å². The number of hydrogen-bond donors (Lipinski definition) is 1. The number of amides is 1. The lowest BCUT2D eigenvalue weighted by atomic mass is 10.0. The van der Waals surface area contributed by atoms with E-state index in [2.05, 4.69) is 34.5 Å². The summed E-state index contributed by atoms with van der Waals surface area (Å²) in [6, 6.07) is 10.7. The van der Waals surface area contributed by atoms with E-state index in [0.29, 0.717) is 6.54 Å². The number of benzene rings is 1. The lowest BCUT2D eigenvalue weighted by Gasteiger charge is -2.25. The number of rotatable bonds is 5. The predicted octanol–water partition coefficient (Wildman–Crippen LogP) is 2.35. The molecular formula is C16H22N2O. The molecule has 1 saturated carbocycles. The summed E-state index contributed by atoms with van der Waals surface area (Å²) in [5.41, 5.74) is 1.27. The molecule has 1 aromatic carbocycles. The highest BCUT2D eigenvalue weighted by molar-refractivity contribution is 5.79. The first-order valence-electron chi connectivity index (χ1n) is 7.40. The molecule has 1 atom stereocenters. The Labute approximate surface area is 115 Å². The normalized spacial score (nSPS) is 22.7. The van der Waals surface area contributed by atoms with Gasteiger partial charge in [-0.25, -0.2) is 0 Å². The summed E-state index contributed by atoms with van der Waals surface area (Å²) in [5.74, 6) is 1.09. The van der Waals surface area contributed by atoms with E-state index in [1.54, 1.807) is 0 Å². The maximum Gasteiger partial charge on any atom is 0.237 e. The topological polar surface area (TPSA) is 32.3 Å². The van der Waals surface area contributed by atoms with Crippen LogP contribution in [0.4, 0.5) is 0 Å². The average molecular weight is 258 g/mol. The van der Waals surface area contributed by atoms with Gasteiger partial charge in [-0.2, -0.15) is 0 Å². The van der Waals surface area contributed by atoms with E-state index >= 15 is 0 Å². The van der Waals surface area contributed by atoms with Crippen molar-refractivity contribution in [2.24, 2.45) is 5.92 Å². The predicted molar refractivity (Wildman–Crippen MR) is 75.7 cm³/mol. The van der Waals surface area contributed by atoms with E-state index < -0.39 is 0 Å². The fraction of sp³-hybridized carbons (Fsp3) is 0.562. The largest absolute Gasteiger partial charge is 0.335 e. The number of hydrogen-bond acceptors (Lipinski definition) is 2. The number of carbonyl (C=O) groups excluding carboxylic acids is 1. The van der Waals surface area contributed by atoms with Gasteiger partial charge in [-0.15, -0.1) is 0 Å². The molecule has 0 aromatic heterocycles. The molecule has 1 aliphatic heterocycles. The average Bonchev–Trinajstić information content (AvgIpc) is 3.13. The molecule has 1 amide bonds. The molecule has 2 aliphatic rings. The van der Waals surface area contributed by atoms with Crippen molar-refractivity contribution in [2.75, 3.05) is 19.6 Å². The van der Waals surface area contributed by atoms with Crippen molar-refractivity contribution in [3.05, 3.63) is 35.9 Å². The maximum atomic E-state index is 12.3. The van der Waals surface area contributed by atoms with Gasteiger partial charge in [0.25, 0.3) is 0 Å². The molecule has 3 nitrogen and oxygen atoms in total. The van der Waals surface area contributed by atoms with Crippen molar-refractivity contribution in [3.8, 4) is 0 Å². The van der Waals surface area contributed by atoms with Crippen LogP contribution in [0, 0.1) is 5.92 Å². The van der Waals surface area contributed by atoms with E-state index in [1.807, 2.05) is 6.07 Å². The summed E-state index contributed by atoms with van der Waals surface area (Å²) >= 11 is 0. The Hall–Kier alpha value is -1.35. The lowest BCUT2D eigenvalue weighted by Crippen LogP contribution is -2.38. The van der Waals surface area contributed by atoms with Crippen molar-refractivity contribution < 1.29 is 4.79 Å². The van der Waals surface area contributed by atoms with Crippen molar-refractivity contribution in [2.45, 2.75) is 31.7 Å². The molecule has 2 fully saturated rings. The number of likely N-dealkylation sites (tertiary alicyclic amines) is 1. The first-order chi connectivity index (χ1) is 9.34. The lowest BCUT2D eigenvalue weighted by molar-refractivity contribution is -0.131. The van der Waals surface area contributed by atoms with Gasteiger partial charge < -0.3 is 10.2 Å². The van der Waals surface area contributed by atoms with E-state index in [1.165, 1.54) is 18.4 Å². The SMILES string of the molecule is O=C(CNCC1CC1)N1CCCC1c1ccccc1. The van der Waals surface area contributed by atoms with Crippen molar-refractivity contribution in [3.63, 3.8) is 0 Å². The zero-order chi connectivity index (χ0) is 13.1. The standard InChI is InChI=1S/C16H22N2O/c19-16(12-17-11-13-8-9-13)18-10-4-7-15(18)14-5-2-1-3-6-14/h1-3,5-6,13,15,17H,4,7-12H2. The Morgan fingerprint density at radius 2 is 2.00 bits per heavy atom. The van der Waals surface area contributed by atoms with Crippen molar-refractivity contribution in [1.29, 1.82) is 0 Å². The second-order valence-electron chi connectivity index (χ2n) is 5.73. The van der Waals surface area contributed by atoms with Gasteiger partial charge in [0.1, 0.15) is 0 Å². The number of carbonyl (C=O) groups is 1. The number of nitrogens with zero attached hydrogens (tertiary/aromatic N) is 1. The third kappa shape index (κ3) is 3.16. The summed E-state index contributed by atoms with van der Waals surface area (Å²) < 4.78 is 0. The van der Waals surface area contributed by atoms with Crippen LogP contribution in [0.5, 0.6) is 0 Å². The Bertz CT molecular complexity index is 428. The van der Waals surface area contributed by atoms with E-state index in [4.69, 9.17) is 0 Å². The molecule has 0 radical (unpaired) electrons. The highest BCUT2D eigenvalue weighted by atomic mass is 16.2. The Morgan fingerprint density at radius 1 is 1.21 bits per heavy atom. The minimum absolute atomic E-state index is 0.256. The Kier molecular flexibility index (Phi) is 3.83. The minimum Gasteiger partial charge on any atom is -0.335 e. The van der Waals surface area contributed by atoms with Crippen LogP contribution in [-0.2, 0) is 4.79 Å². The first-order valence-corrected chi connectivity index (χ1v) is 7.40. The fourth-order valence-corrected chi connectivity index (χ4v) is 2.89. The molecule has 0 spiro atoms. The molecule has 1 aliphatic carbocycles. The highest BCUT2D eigenvalue weighted by Gasteiger charge is 2.29. The van der Waals surface area contributed by atoms with Crippen LogP contribution in [0.2, 0.25) is 0 Å². The maximum absolute atomic E-state index is 12.3. The molecule has 1 unspecified atom stereocenters. The second-order valence-corrected chi connectivity index (χ2v) is 5.73. The van der Waals surface area contributed by atoms with Gasteiger partial charge >= 0.3 is 0 Å². The van der Waals surface area contributed by atoms with Crippen molar-refractivity contribution in [1.82, 2.24) is 10.2 Å². The van der Waals surface area contributed by atoms with Gasteiger partial charge in [-0.3, -0.25) is 4.79 Å². The molecule has 3 rings (SSSR count). The molecule has 1 saturated heterocycles. The van der Waals surface area contributed by atoms with Gasteiger partial charge in [-0.05, 0) is 43.7 Å². The highest BCUT2D eigenvalue weighted by Crippen LogP contribution is 2.31. The summed E-state index contributed by atoms with van der Waals surface area (Å²) in [4.78, 5) is 14.3. The molecule has 102 valence electrons. The van der Waals surface area contributed by atoms with Crippen LogP contribution in [-0.4, -0.2) is 30.4 Å². The monoisotopic (exact) mass is 258 g/mol. The van der Waals surface area contributed by atoms with E-state index in [-0.39, 0.29) is 11.9 Å². The molecular weight excluding hydrogens is 236 g/mol. The van der Waals surface area contributed by atoms with E-state index in [9.17, 15) is 4.79 Å². The summed E-state index contributed by atoms with van der Waals surface area (Å²) in [6.07, 6.45) is 4.88. The van der Waals surface area contributed by atoms with Crippen LogP contribution in [0.25, 0.3) is 0 Å². The minimum atomic E-state index is 0.256. The Morgan fingerprint density at radius 3 is 2.74 bits per heavy atom. The van der Waals surface area contributed by atoms with Crippen LogP contribution >= 0.6 is 0 Å². The van der Waals surface area contributed by atoms with Gasteiger partial charge in [0.2, 0.25) is 5.91 Å². The summed E-state index contributed by atoms with van der Waals surface area (Å²) in [6.45, 7) is 2.42. The van der Waals surface area contributed by atoms with Gasteiger partial charge in [-0.1, -0.05) is 30.3 Å². The van der Waals surface area contributed by atoms with Crippen LogP contribution < -0.4 is 5.32 Å². The van der Waals surface area contributed by atoms with Crippen LogP contribution in [0.3, 0.4) is 0 Å². The van der Waals surface area contributed by atoms with Gasteiger partial charge in [0.05, 0.1) is 12.6 Å². The molecule has 1 heterocycles. The molecule has 19 heavy (non-hydrogen) atoms. The number of nitrogens with one attached hydrogen (secondary N) is 1. The van der Waals surface area contributed by atoms with Gasteiger partial charge in [0, 0.05) is 6.54 Å². The second kappa shape index (κ2) is 5.74. The van der Waals surface area contributed by atoms with Gasteiger partial charge in [0.15, 0.2) is 0 Å². The van der Waals surface area contributed by atoms with Crippen LogP contribution in [0.1, 0.15) is 37.3 Å². The fourth-order valence-electron chi connectivity index (χ4n) is 2.89. The smallest absolute Gasteiger partial charge is 0.237 e. The summed E-state index contributed by atoms with van der Waals surface area (Å²) in [7, 11) is 0. The molecule has 1 aromatic rings.